The molecular formula is C16H20N2O5S. The number of anilines is 1. The van der Waals surface area contributed by atoms with Crippen LogP contribution in [0.2, 0.25) is 0 Å². The third kappa shape index (κ3) is 4.36. The largest absolute Gasteiger partial charge is 0.478 e. The standard InChI is InChI=1S/C16H20N2O5S/c1-3-11(2)18-15-7-6-13(9-14(15)16(19)20)24(21,22)17-10-12-5-4-8-23-12/h4-9,11,17-18H,3,10H2,1-2H3,(H,19,20)/t11-/m0/s1. The van der Waals surface area contributed by atoms with Crippen LogP contribution in [0.3, 0.4) is 0 Å². The topological polar surface area (TPSA) is 109 Å². The highest BCUT2D eigenvalue weighted by Crippen LogP contribution is 2.22. The average Bonchev–Trinajstić information content (AvgIpc) is 3.06. The molecule has 1 aromatic heterocycles. The van der Waals surface area contributed by atoms with Crippen LogP contribution < -0.4 is 10.0 Å². The number of rotatable bonds is 8. The minimum atomic E-state index is -3.84. The molecular weight excluding hydrogens is 332 g/mol. The van der Waals surface area contributed by atoms with E-state index in [9.17, 15) is 18.3 Å². The van der Waals surface area contributed by atoms with E-state index >= 15 is 0 Å². The quantitative estimate of drug-likeness (QED) is 0.674. The molecule has 1 heterocycles. The Bertz CT molecular complexity index is 800. The number of benzene rings is 1. The maximum atomic E-state index is 12.3. The predicted octanol–water partition coefficient (Wildman–Crippen LogP) is 2.67. The van der Waals surface area contributed by atoms with Crippen molar-refractivity contribution < 1.29 is 22.7 Å². The number of hydrogen-bond acceptors (Lipinski definition) is 5. The summed E-state index contributed by atoms with van der Waals surface area (Å²) in [5.74, 6) is -0.726. The fraction of sp³-hybridized carbons (Fsp3) is 0.312. The highest BCUT2D eigenvalue weighted by molar-refractivity contribution is 7.89. The molecule has 0 amide bonds. The van der Waals surface area contributed by atoms with Gasteiger partial charge in [-0.2, -0.15) is 0 Å². The summed E-state index contributed by atoms with van der Waals surface area (Å²) in [7, 11) is -3.84. The van der Waals surface area contributed by atoms with Gasteiger partial charge in [-0.15, -0.1) is 0 Å². The van der Waals surface area contributed by atoms with Gasteiger partial charge in [-0.05, 0) is 43.7 Å². The molecule has 1 atom stereocenters. The summed E-state index contributed by atoms with van der Waals surface area (Å²) < 4.78 is 32.1. The Morgan fingerprint density at radius 2 is 2.08 bits per heavy atom. The van der Waals surface area contributed by atoms with Crippen molar-refractivity contribution in [2.75, 3.05) is 5.32 Å². The molecule has 2 rings (SSSR count). The fourth-order valence-electron chi connectivity index (χ4n) is 2.02. The van der Waals surface area contributed by atoms with E-state index in [0.29, 0.717) is 11.4 Å². The summed E-state index contributed by atoms with van der Waals surface area (Å²) in [5.41, 5.74) is 0.304. The minimum absolute atomic E-state index is 0.00932. The Kier molecular flexibility index (Phi) is 5.63. The molecule has 8 heteroatoms. The van der Waals surface area contributed by atoms with Gasteiger partial charge in [0.1, 0.15) is 5.76 Å². The van der Waals surface area contributed by atoms with Crippen molar-refractivity contribution in [2.45, 2.75) is 37.8 Å². The molecule has 0 fully saturated rings. The van der Waals surface area contributed by atoms with Gasteiger partial charge in [0.25, 0.3) is 0 Å². The summed E-state index contributed by atoms with van der Waals surface area (Å²) >= 11 is 0. The zero-order chi connectivity index (χ0) is 17.7. The number of aromatic carboxylic acids is 1. The Labute approximate surface area is 140 Å². The maximum Gasteiger partial charge on any atom is 0.337 e. The van der Waals surface area contributed by atoms with Gasteiger partial charge in [-0.25, -0.2) is 17.9 Å². The molecule has 7 nitrogen and oxygen atoms in total. The maximum absolute atomic E-state index is 12.3. The van der Waals surface area contributed by atoms with Gasteiger partial charge >= 0.3 is 5.97 Å². The van der Waals surface area contributed by atoms with E-state index in [1.165, 1.54) is 18.4 Å². The van der Waals surface area contributed by atoms with Crippen LogP contribution in [0.5, 0.6) is 0 Å². The predicted molar refractivity (Wildman–Crippen MR) is 89.5 cm³/mol. The van der Waals surface area contributed by atoms with Crippen LogP contribution in [0, 0.1) is 0 Å². The van der Waals surface area contributed by atoms with Crippen LogP contribution in [-0.2, 0) is 16.6 Å². The molecule has 24 heavy (non-hydrogen) atoms. The van der Waals surface area contributed by atoms with Gasteiger partial charge in [-0.1, -0.05) is 6.92 Å². The van der Waals surface area contributed by atoms with E-state index < -0.39 is 16.0 Å². The Balaban J connectivity index is 2.26. The SMILES string of the molecule is CC[C@H](C)Nc1ccc(S(=O)(=O)NCc2ccco2)cc1C(=O)O. The molecule has 0 saturated heterocycles. The normalized spacial score (nSPS) is 12.8. The van der Waals surface area contributed by atoms with E-state index in [4.69, 9.17) is 4.42 Å². The molecule has 0 aliphatic rings. The van der Waals surface area contributed by atoms with Crippen molar-refractivity contribution in [1.82, 2.24) is 4.72 Å². The summed E-state index contributed by atoms with van der Waals surface area (Å²) in [6.45, 7) is 3.88. The lowest BCUT2D eigenvalue weighted by molar-refractivity contribution is 0.0697. The number of hydrogen-bond donors (Lipinski definition) is 3. The van der Waals surface area contributed by atoms with Crippen molar-refractivity contribution in [3.63, 3.8) is 0 Å². The summed E-state index contributed by atoms with van der Waals surface area (Å²) in [6.07, 6.45) is 2.26. The molecule has 0 unspecified atom stereocenters. The third-order valence-electron chi connectivity index (χ3n) is 3.56. The average molecular weight is 352 g/mol. The van der Waals surface area contributed by atoms with Gasteiger partial charge in [0.2, 0.25) is 10.0 Å². The van der Waals surface area contributed by atoms with Gasteiger partial charge in [-0.3, -0.25) is 0 Å². The lowest BCUT2D eigenvalue weighted by Crippen LogP contribution is -2.24. The smallest absolute Gasteiger partial charge is 0.337 e. The van der Waals surface area contributed by atoms with E-state index in [0.717, 1.165) is 12.5 Å². The number of carboxylic acid groups (broad SMARTS) is 1. The molecule has 2 aromatic rings. The first-order valence-corrected chi connectivity index (χ1v) is 8.97. The Hall–Kier alpha value is -2.32. The van der Waals surface area contributed by atoms with Crippen molar-refractivity contribution in [3.05, 3.63) is 47.9 Å². The van der Waals surface area contributed by atoms with E-state index in [1.807, 2.05) is 13.8 Å². The van der Waals surface area contributed by atoms with Crippen LogP contribution in [0.15, 0.2) is 45.9 Å². The molecule has 130 valence electrons. The monoisotopic (exact) mass is 352 g/mol. The molecule has 0 aliphatic carbocycles. The molecule has 0 spiro atoms. The van der Waals surface area contributed by atoms with Gasteiger partial charge in [0.05, 0.1) is 23.3 Å². The number of nitrogens with one attached hydrogen (secondary N) is 2. The molecule has 0 aliphatic heterocycles. The van der Waals surface area contributed by atoms with Crippen molar-refractivity contribution in [2.24, 2.45) is 0 Å². The second-order valence-electron chi connectivity index (χ2n) is 5.37. The second kappa shape index (κ2) is 7.50. The molecule has 3 N–H and O–H groups in total. The highest BCUT2D eigenvalue weighted by Gasteiger charge is 2.19. The molecule has 0 saturated carbocycles. The molecule has 0 bridgehead atoms. The number of sulfonamides is 1. The first-order chi connectivity index (χ1) is 11.3. The van der Waals surface area contributed by atoms with Crippen LogP contribution in [0.4, 0.5) is 5.69 Å². The Morgan fingerprint density at radius 1 is 1.33 bits per heavy atom. The first kappa shape index (κ1) is 18.0. The number of carbonyl (C=O) groups is 1. The lowest BCUT2D eigenvalue weighted by Gasteiger charge is -2.16. The van der Waals surface area contributed by atoms with Crippen LogP contribution in [0.1, 0.15) is 36.4 Å². The first-order valence-electron chi connectivity index (χ1n) is 7.49. The van der Waals surface area contributed by atoms with Crippen LogP contribution >= 0.6 is 0 Å². The lowest BCUT2D eigenvalue weighted by atomic mass is 10.1. The van der Waals surface area contributed by atoms with Crippen molar-refractivity contribution >= 4 is 21.7 Å². The second-order valence-corrected chi connectivity index (χ2v) is 7.14. The molecule has 1 aromatic carbocycles. The zero-order valence-electron chi connectivity index (χ0n) is 13.4. The summed E-state index contributed by atoms with van der Waals surface area (Å²) in [5, 5.41) is 12.4. The van der Waals surface area contributed by atoms with E-state index in [2.05, 4.69) is 10.0 Å². The van der Waals surface area contributed by atoms with Gasteiger partial charge < -0.3 is 14.8 Å². The van der Waals surface area contributed by atoms with Gasteiger partial charge in [0, 0.05) is 11.7 Å². The van der Waals surface area contributed by atoms with Crippen molar-refractivity contribution in [3.8, 4) is 0 Å². The summed E-state index contributed by atoms with van der Waals surface area (Å²) in [6, 6.07) is 7.37. The van der Waals surface area contributed by atoms with E-state index in [-0.39, 0.29) is 23.0 Å². The van der Waals surface area contributed by atoms with Crippen LogP contribution in [-0.4, -0.2) is 25.5 Å². The molecule has 0 radical (unpaired) electrons. The minimum Gasteiger partial charge on any atom is -0.478 e. The number of furan rings is 1. The Morgan fingerprint density at radius 3 is 2.67 bits per heavy atom. The van der Waals surface area contributed by atoms with Gasteiger partial charge in [0.15, 0.2) is 0 Å². The van der Waals surface area contributed by atoms with Crippen LogP contribution in [0.25, 0.3) is 0 Å². The van der Waals surface area contributed by atoms with Crippen molar-refractivity contribution in [1.29, 1.82) is 0 Å². The zero-order valence-corrected chi connectivity index (χ0v) is 14.3. The number of carboxylic acids is 1. The third-order valence-corrected chi connectivity index (χ3v) is 4.96. The van der Waals surface area contributed by atoms with E-state index in [1.54, 1.807) is 12.1 Å². The summed E-state index contributed by atoms with van der Waals surface area (Å²) in [4.78, 5) is 11.3. The fourth-order valence-corrected chi connectivity index (χ4v) is 3.04. The highest BCUT2D eigenvalue weighted by atomic mass is 32.2.